The molecule has 0 unspecified atom stereocenters. The molecule has 21 heavy (non-hydrogen) atoms. The second-order valence-corrected chi connectivity index (χ2v) is 8.72. The molecule has 1 aromatic rings. The van der Waals surface area contributed by atoms with Crippen LogP contribution in [0.5, 0.6) is 0 Å². The zero-order chi connectivity index (χ0) is 15.3. The third-order valence-corrected chi connectivity index (χ3v) is 7.08. The normalized spacial score (nSPS) is 17.0. The molecular weight excluding hydrogens is 304 g/mol. The first-order valence-electron chi connectivity index (χ1n) is 7.49. The number of nitrogens with zero attached hydrogens (tertiary/aromatic N) is 1. The van der Waals surface area contributed by atoms with E-state index in [1.807, 2.05) is 12.1 Å². The molecule has 0 bridgehead atoms. The van der Waals surface area contributed by atoms with Crippen LogP contribution >= 0.6 is 11.3 Å². The SMILES string of the molecule is CCCNCCc1ccc(S(=O)(=O)N2CC=C(C)CC2)s1. The Morgan fingerprint density at radius 2 is 2.14 bits per heavy atom. The summed E-state index contributed by atoms with van der Waals surface area (Å²) in [5.41, 5.74) is 1.27. The minimum absolute atomic E-state index is 0.473. The lowest BCUT2D eigenvalue weighted by molar-refractivity contribution is 0.433. The molecule has 0 saturated carbocycles. The standard InChI is InChI=1S/C15H24N2O2S2/c1-3-9-16-10-6-14-4-5-15(20-14)21(18,19)17-11-7-13(2)8-12-17/h4-5,7,16H,3,6,8-12H2,1-2H3. The number of hydrogen-bond donors (Lipinski definition) is 1. The maximum atomic E-state index is 12.6. The number of sulfonamides is 1. The van der Waals surface area contributed by atoms with Gasteiger partial charge in [0.05, 0.1) is 0 Å². The molecule has 0 aliphatic carbocycles. The predicted molar refractivity (Wildman–Crippen MR) is 88.3 cm³/mol. The van der Waals surface area contributed by atoms with E-state index in [0.717, 1.165) is 37.2 Å². The van der Waals surface area contributed by atoms with Crippen molar-refractivity contribution < 1.29 is 8.42 Å². The fraction of sp³-hybridized carbons (Fsp3) is 0.600. The largest absolute Gasteiger partial charge is 0.316 e. The van der Waals surface area contributed by atoms with E-state index in [9.17, 15) is 8.42 Å². The maximum Gasteiger partial charge on any atom is 0.252 e. The van der Waals surface area contributed by atoms with E-state index in [-0.39, 0.29) is 0 Å². The second kappa shape index (κ2) is 7.54. The van der Waals surface area contributed by atoms with Gasteiger partial charge >= 0.3 is 0 Å². The Bertz CT molecular complexity index is 591. The number of thiophene rings is 1. The van der Waals surface area contributed by atoms with Crippen LogP contribution in [-0.2, 0) is 16.4 Å². The zero-order valence-electron chi connectivity index (χ0n) is 12.8. The highest BCUT2D eigenvalue weighted by Crippen LogP contribution is 2.27. The van der Waals surface area contributed by atoms with Crippen LogP contribution in [0, 0.1) is 0 Å². The lowest BCUT2D eigenvalue weighted by Gasteiger charge is -2.23. The molecule has 4 nitrogen and oxygen atoms in total. The monoisotopic (exact) mass is 328 g/mol. The molecule has 0 spiro atoms. The maximum absolute atomic E-state index is 12.6. The van der Waals surface area contributed by atoms with Gasteiger partial charge in [-0.15, -0.1) is 11.3 Å². The van der Waals surface area contributed by atoms with Crippen molar-refractivity contribution in [3.63, 3.8) is 0 Å². The summed E-state index contributed by atoms with van der Waals surface area (Å²) in [4.78, 5) is 1.13. The molecule has 118 valence electrons. The van der Waals surface area contributed by atoms with Crippen molar-refractivity contribution in [1.29, 1.82) is 0 Å². The number of nitrogens with one attached hydrogen (secondary N) is 1. The molecule has 0 saturated heterocycles. The summed E-state index contributed by atoms with van der Waals surface area (Å²) < 4.78 is 27.2. The van der Waals surface area contributed by atoms with Gasteiger partial charge in [0.2, 0.25) is 0 Å². The van der Waals surface area contributed by atoms with E-state index in [4.69, 9.17) is 0 Å². The van der Waals surface area contributed by atoms with Crippen LogP contribution in [0.15, 0.2) is 28.0 Å². The summed E-state index contributed by atoms with van der Waals surface area (Å²) >= 11 is 1.40. The average Bonchev–Trinajstić information content (AvgIpc) is 2.94. The summed E-state index contributed by atoms with van der Waals surface area (Å²) in [5, 5.41) is 3.34. The van der Waals surface area contributed by atoms with Crippen molar-refractivity contribution in [2.24, 2.45) is 0 Å². The molecule has 0 atom stereocenters. The summed E-state index contributed by atoms with van der Waals surface area (Å²) in [6.45, 7) is 7.19. The van der Waals surface area contributed by atoms with Crippen LogP contribution in [0.25, 0.3) is 0 Å². The lowest BCUT2D eigenvalue weighted by atomic mass is 10.1. The van der Waals surface area contributed by atoms with E-state index >= 15 is 0 Å². The van der Waals surface area contributed by atoms with E-state index < -0.39 is 10.0 Å². The Labute approximate surface area is 131 Å². The first-order chi connectivity index (χ1) is 10.0. The molecule has 1 aliphatic rings. The fourth-order valence-corrected chi connectivity index (χ4v) is 5.13. The van der Waals surface area contributed by atoms with E-state index in [1.165, 1.54) is 16.9 Å². The van der Waals surface area contributed by atoms with Gasteiger partial charge in [-0.3, -0.25) is 0 Å². The van der Waals surface area contributed by atoms with Gasteiger partial charge in [-0.25, -0.2) is 8.42 Å². The Morgan fingerprint density at radius 1 is 1.33 bits per heavy atom. The molecule has 1 aliphatic heterocycles. The van der Waals surface area contributed by atoms with Crippen molar-refractivity contribution in [2.45, 2.75) is 37.3 Å². The van der Waals surface area contributed by atoms with Gasteiger partial charge in [-0.1, -0.05) is 18.6 Å². The summed E-state index contributed by atoms with van der Waals surface area (Å²) in [7, 11) is -3.31. The van der Waals surface area contributed by atoms with Gasteiger partial charge in [-0.05, 0) is 51.4 Å². The molecule has 1 N–H and O–H groups in total. The molecule has 1 aromatic heterocycles. The van der Waals surface area contributed by atoms with Crippen LogP contribution in [0.3, 0.4) is 0 Å². The average molecular weight is 329 g/mol. The Morgan fingerprint density at radius 3 is 2.81 bits per heavy atom. The molecule has 0 aromatic carbocycles. The summed E-state index contributed by atoms with van der Waals surface area (Å²) in [6, 6.07) is 3.69. The van der Waals surface area contributed by atoms with Crippen molar-refractivity contribution in [3.8, 4) is 0 Å². The molecule has 2 heterocycles. The van der Waals surface area contributed by atoms with E-state index in [0.29, 0.717) is 17.3 Å². The third kappa shape index (κ3) is 4.39. The van der Waals surface area contributed by atoms with Gasteiger partial charge in [0.25, 0.3) is 10.0 Å². The first kappa shape index (κ1) is 16.7. The van der Waals surface area contributed by atoms with Gasteiger partial charge in [0, 0.05) is 18.0 Å². The minimum Gasteiger partial charge on any atom is -0.316 e. The number of hydrogen-bond acceptors (Lipinski definition) is 4. The topological polar surface area (TPSA) is 49.4 Å². The minimum atomic E-state index is -3.31. The van der Waals surface area contributed by atoms with E-state index in [1.54, 1.807) is 10.4 Å². The van der Waals surface area contributed by atoms with Gasteiger partial charge in [0.15, 0.2) is 0 Å². The summed E-state index contributed by atoms with van der Waals surface area (Å²) in [5.74, 6) is 0. The van der Waals surface area contributed by atoms with Crippen LogP contribution in [-0.4, -0.2) is 38.9 Å². The van der Waals surface area contributed by atoms with Gasteiger partial charge in [-0.2, -0.15) is 4.31 Å². The van der Waals surface area contributed by atoms with Crippen molar-refractivity contribution >= 4 is 21.4 Å². The molecule has 0 radical (unpaired) electrons. The van der Waals surface area contributed by atoms with Gasteiger partial charge < -0.3 is 5.32 Å². The highest BCUT2D eigenvalue weighted by molar-refractivity contribution is 7.91. The van der Waals surface area contributed by atoms with Crippen molar-refractivity contribution in [3.05, 3.63) is 28.7 Å². The first-order valence-corrected chi connectivity index (χ1v) is 9.75. The Balaban J connectivity index is 1.99. The van der Waals surface area contributed by atoms with E-state index in [2.05, 4.69) is 19.2 Å². The van der Waals surface area contributed by atoms with Crippen LogP contribution in [0.1, 0.15) is 31.6 Å². The quantitative estimate of drug-likeness (QED) is 0.618. The predicted octanol–water partition coefficient (Wildman–Crippen LogP) is 2.63. The Kier molecular flexibility index (Phi) is 5.98. The second-order valence-electron chi connectivity index (χ2n) is 5.38. The third-order valence-electron chi connectivity index (χ3n) is 3.61. The lowest BCUT2D eigenvalue weighted by Crippen LogP contribution is -2.34. The molecule has 0 fully saturated rings. The highest BCUT2D eigenvalue weighted by Gasteiger charge is 2.26. The van der Waals surface area contributed by atoms with Crippen molar-refractivity contribution in [2.75, 3.05) is 26.2 Å². The zero-order valence-corrected chi connectivity index (χ0v) is 14.4. The molecule has 6 heteroatoms. The number of rotatable bonds is 7. The Hall–Kier alpha value is -0.690. The molecule has 0 amide bonds. The fourth-order valence-electron chi connectivity index (χ4n) is 2.24. The summed E-state index contributed by atoms with van der Waals surface area (Å²) in [6.07, 6.45) is 4.84. The highest BCUT2D eigenvalue weighted by atomic mass is 32.2. The van der Waals surface area contributed by atoms with Gasteiger partial charge in [0.1, 0.15) is 4.21 Å². The smallest absolute Gasteiger partial charge is 0.252 e. The van der Waals surface area contributed by atoms with Crippen LogP contribution in [0.2, 0.25) is 0 Å². The van der Waals surface area contributed by atoms with Crippen LogP contribution in [0.4, 0.5) is 0 Å². The van der Waals surface area contributed by atoms with Crippen molar-refractivity contribution in [1.82, 2.24) is 9.62 Å². The molecule has 2 rings (SSSR count). The molecular formula is C15H24N2O2S2. The van der Waals surface area contributed by atoms with Crippen LogP contribution < -0.4 is 5.32 Å².